The van der Waals surface area contributed by atoms with Crippen LogP contribution < -0.4 is 0 Å². The Morgan fingerprint density at radius 2 is 1.03 bits per heavy atom. The van der Waals surface area contributed by atoms with Crippen molar-refractivity contribution in [2.45, 2.75) is 84.8 Å². The van der Waals surface area contributed by atoms with Gasteiger partial charge in [0.25, 0.3) is 0 Å². The van der Waals surface area contributed by atoms with E-state index >= 15 is 0 Å². The minimum absolute atomic E-state index is 0.332. The highest BCUT2D eigenvalue weighted by Crippen LogP contribution is 2.23. The van der Waals surface area contributed by atoms with Crippen LogP contribution in [0.5, 0.6) is 0 Å². The fourth-order valence-electron chi connectivity index (χ4n) is 3.49. The number of benzene rings is 2. The Bertz CT molecular complexity index is 690. The first-order valence-corrected chi connectivity index (χ1v) is 11.5. The molecule has 0 aliphatic carbocycles. The third kappa shape index (κ3) is 10.1. The zero-order valence-corrected chi connectivity index (χ0v) is 19.0. The van der Waals surface area contributed by atoms with Gasteiger partial charge in [0.15, 0.2) is 0 Å². The van der Waals surface area contributed by atoms with Crippen LogP contribution in [0.1, 0.15) is 70.9 Å². The minimum atomic E-state index is 0.332. The average molecular weight is 397 g/mol. The lowest BCUT2D eigenvalue weighted by Crippen LogP contribution is -2.04. The van der Waals surface area contributed by atoms with Crippen molar-refractivity contribution in [1.82, 2.24) is 0 Å². The Morgan fingerprint density at radius 3 is 1.52 bits per heavy atom. The molecule has 160 valence electrons. The molecule has 0 aliphatic rings. The van der Waals surface area contributed by atoms with Gasteiger partial charge in [-0.25, -0.2) is 0 Å². The third-order valence-corrected chi connectivity index (χ3v) is 5.06. The molecule has 2 aromatic carbocycles. The van der Waals surface area contributed by atoms with E-state index in [4.69, 9.17) is 9.47 Å². The molecule has 29 heavy (non-hydrogen) atoms. The van der Waals surface area contributed by atoms with Crippen LogP contribution in [-0.4, -0.2) is 25.4 Å². The summed E-state index contributed by atoms with van der Waals surface area (Å²) in [5.74, 6) is 0. The predicted octanol–water partition coefficient (Wildman–Crippen LogP) is 7.24. The smallest absolute Gasteiger partial charge is 0.0518 e. The van der Waals surface area contributed by atoms with Gasteiger partial charge in [-0.05, 0) is 88.5 Å². The molecule has 0 fully saturated rings. The van der Waals surface area contributed by atoms with E-state index in [9.17, 15) is 0 Å². The zero-order chi connectivity index (χ0) is 20.9. The van der Waals surface area contributed by atoms with Gasteiger partial charge in [-0.15, -0.1) is 0 Å². The normalized spacial score (nSPS) is 11.5. The molecule has 0 N–H and O–H groups in total. The second-order valence-corrected chi connectivity index (χ2v) is 8.51. The molecular weight excluding hydrogens is 356 g/mol. The largest absolute Gasteiger partial charge is 0.379 e. The summed E-state index contributed by atoms with van der Waals surface area (Å²) < 4.78 is 11.3. The van der Waals surface area contributed by atoms with Crippen LogP contribution in [0.15, 0.2) is 48.5 Å². The summed E-state index contributed by atoms with van der Waals surface area (Å²) in [6.07, 6.45) is 8.85. The maximum absolute atomic E-state index is 5.64. The Labute approximate surface area is 178 Å². The lowest BCUT2D eigenvalue weighted by Gasteiger charge is -2.09. The first-order valence-electron chi connectivity index (χ1n) is 11.5. The molecule has 0 aliphatic heterocycles. The Kier molecular flexibility index (Phi) is 11.1. The van der Waals surface area contributed by atoms with Crippen molar-refractivity contribution >= 4 is 0 Å². The quantitative estimate of drug-likeness (QED) is 0.313. The lowest BCUT2D eigenvalue weighted by atomic mass is 9.97. The first-order chi connectivity index (χ1) is 14.0. The number of hydrogen-bond acceptors (Lipinski definition) is 2. The van der Waals surface area contributed by atoms with E-state index in [0.717, 1.165) is 38.9 Å². The number of aryl methyl sites for hydroxylation is 2. The van der Waals surface area contributed by atoms with E-state index in [0.29, 0.717) is 12.2 Å². The van der Waals surface area contributed by atoms with Gasteiger partial charge in [0.1, 0.15) is 0 Å². The molecule has 2 aromatic rings. The standard InChI is InChI=1S/C27H40O2/c1-22(2)28-18-8-5-6-12-24-14-10-16-26(20-24)27-17-11-15-25(21-27)13-7-9-19-29-23(3)4/h10-11,14-17,20-23H,5-9,12-13,18-19H2,1-4H3. The van der Waals surface area contributed by atoms with Crippen molar-refractivity contribution in [3.05, 3.63) is 59.7 Å². The first kappa shape index (κ1) is 23.6. The van der Waals surface area contributed by atoms with Crippen molar-refractivity contribution < 1.29 is 9.47 Å². The summed E-state index contributed by atoms with van der Waals surface area (Å²) in [5, 5.41) is 0. The van der Waals surface area contributed by atoms with Crippen LogP contribution in [0, 0.1) is 0 Å². The lowest BCUT2D eigenvalue weighted by molar-refractivity contribution is 0.0757. The molecule has 0 saturated heterocycles. The highest BCUT2D eigenvalue weighted by molar-refractivity contribution is 5.65. The molecule has 2 nitrogen and oxygen atoms in total. The molecule has 0 heterocycles. The van der Waals surface area contributed by atoms with Gasteiger partial charge in [0, 0.05) is 13.2 Å². The number of hydrogen-bond donors (Lipinski definition) is 0. The van der Waals surface area contributed by atoms with E-state index in [-0.39, 0.29) is 0 Å². The molecule has 0 atom stereocenters. The van der Waals surface area contributed by atoms with Gasteiger partial charge in [-0.2, -0.15) is 0 Å². The SMILES string of the molecule is CC(C)OCCCCCc1cccc(-c2cccc(CCCCOC(C)C)c2)c1. The maximum atomic E-state index is 5.64. The molecule has 0 amide bonds. The molecule has 0 saturated carbocycles. The van der Waals surface area contributed by atoms with Crippen LogP contribution in [0.25, 0.3) is 11.1 Å². The molecule has 2 rings (SSSR count). The number of ether oxygens (including phenoxy) is 2. The van der Waals surface area contributed by atoms with E-state index < -0.39 is 0 Å². The fourth-order valence-corrected chi connectivity index (χ4v) is 3.49. The van der Waals surface area contributed by atoms with Gasteiger partial charge in [-0.3, -0.25) is 0 Å². The highest BCUT2D eigenvalue weighted by atomic mass is 16.5. The summed E-state index contributed by atoms with van der Waals surface area (Å²) in [6.45, 7) is 10.1. The summed E-state index contributed by atoms with van der Waals surface area (Å²) in [7, 11) is 0. The summed E-state index contributed by atoms with van der Waals surface area (Å²) in [6, 6.07) is 18.1. The molecule has 2 heteroatoms. The van der Waals surface area contributed by atoms with Crippen molar-refractivity contribution in [3.8, 4) is 11.1 Å². The van der Waals surface area contributed by atoms with E-state index in [1.807, 2.05) is 0 Å². The van der Waals surface area contributed by atoms with Crippen LogP contribution >= 0.6 is 0 Å². The van der Waals surface area contributed by atoms with Crippen molar-refractivity contribution in [2.24, 2.45) is 0 Å². The van der Waals surface area contributed by atoms with Crippen LogP contribution in [-0.2, 0) is 22.3 Å². The van der Waals surface area contributed by atoms with Gasteiger partial charge >= 0.3 is 0 Å². The number of unbranched alkanes of at least 4 members (excludes halogenated alkanes) is 3. The highest BCUT2D eigenvalue weighted by Gasteiger charge is 2.03. The monoisotopic (exact) mass is 396 g/mol. The van der Waals surface area contributed by atoms with E-state index in [1.165, 1.54) is 41.5 Å². The molecule has 0 spiro atoms. The zero-order valence-electron chi connectivity index (χ0n) is 19.0. The van der Waals surface area contributed by atoms with Gasteiger partial charge < -0.3 is 9.47 Å². The predicted molar refractivity (Wildman–Crippen MR) is 125 cm³/mol. The number of rotatable bonds is 14. The van der Waals surface area contributed by atoms with Crippen LogP contribution in [0.3, 0.4) is 0 Å². The second-order valence-electron chi connectivity index (χ2n) is 8.51. The average Bonchev–Trinajstić information content (AvgIpc) is 2.70. The third-order valence-electron chi connectivity index (χ3n) is 5.06. The summed E-state index contributed by atoms with van der Waals surface area (Å²) >= 11 is 0. The van der Waals surface area contributed by atoms with Gasteiger partial charge in [0.2, 0.25) is 0 Å². The van der Waals surface area contributed by atoms with Crippen LogP contribution in [0.2, 0.25) is 0 Å². The molecule has 0 radical (unpaired) electrons. The summed E-state index contributed by atoms with van der Waals surface area (Å²) in [5.41, 5.74) is 5.51. The fraction of sp³-hybridized carbons (Fsp3) is 0.556. The van der Waals surface area contributed by atoms with Crippen molar-refractivity contribution in [2.75, 3.05) is 13.2 Å². The Morgan fingerprint density at radius 1 is 0.586 bits per heavy atom. The van der Waals surface area contributed by atoms with Crippen molar-refractivity contribution in [3.63, 3.8) is 0 Å². The van der Waals surface area contributed by atoms with Crippen molar-refractivity contribution in [1.29, 1.82) is 0 Å². The van der Waals surface area contributed by atoms with Gasteiger partial charge in [-0.1, -0.05) is 55.0 Å². The maximum Gasteiger partial charge on any atom is 0.0518 e. The van der Waals surface area contributed by atoms with Gasteiger partial charge in [0.05, 0.1) is 12.2 Å². The second kappa shape index (κ2) is 13.6. The molecular formula is C27H40O2. The minimum Gasteiger partial charge on any atom is -0.379 e. The Balaban J connectivity index is 1.81. The molecule has 0 unspecified atom stereocenters. The molecule has 0 bridgehead atoms. The van der Waals surface area contributed by atoms with E-state index in [2.05, 4.69) is 76.2 Å². The van der Waals surface area contributed by atoms with E-state index in [1.54, 1.807) is 0 Å². The van der Waals surface area contributed by atoms with Crippen LogP contribution in [0.4, 0.5) is 0 Å². The summed E-state index contributed by atoms with van der Waals surface area (Å²) in [4.78, 5) is 0. The molecule has 0 aromatic heterocycles. The Hall–Kier alpha value is -1.64. The topological polar surface area (TPSA) is 18.5 Å².